The number of ketones is 1. The maximum absolute atomic E-state index is 12.3. The summed E-state index contributed by atoms with van der Waals surface area (Å²) >= 11 is 0. The Balaban J connectivity index is 2.41. The summed E-state index contributed by atoms with van der Waals surface area (Å²) in [4.78, 5) is 35.9. The highest BCUT2D eigenvalue weighted by atomic mass is 16.2. The predicted molar refractivity (Wildman–Crippen MR) is 86.2 cm³/mol. The smallest absolute Gasteiger partial charge is 0.303 e. The lowest BCUT2D eigenvalue weighted by Gasteiger charge is -2.04. The first-order chi connectivity index (χ1) is 10.3. The van der Waals surface area contributed by atoms with Gasteiger partial charge in [-0.05, 0) is 37.6 Å². The van der Waals surface area contributed by atoms with Gasteiger partial charge < -0.3 is 4.57 Å². The lowest BCUT2D eigenvalue weighted by Crippen LogP contribution is -2.37. The first-order valence-corrected chi connectivity index (χ1v) is 6.87. The Morgan fingerprint density at radius 3 is 2.50 bits per heavy atom. The van der Waals surface area contributed by atoms with Gasteiger partial charge in [-0.25, -0.2) is 4.79 Å². The van der Waals surface area contributed by atoms with Crippen LogP contribution in [0.2, 0.25) is 0 Å². The normalized spacial score (nSPS) is 11.1. The van der Waals surface area contributed by atoms with Gasteiger partial charge in [-0.1, -0.05) is 17.7 Å². The van der Waals surface area contributed by atoms with Gasteiger partial charge >= 0.3 is 5.69 Å². The summed E-state index contributed by atoms with van der Waals surface area (Å²) in [6.07, 6.45) is 4.24. The van der Waals surface area contributed by atoms with Crippen LogP contribution in [-0.4, -0.2) is 14.9 Å². The number of hydrogen-bond acceptors (Lipinski definition) is 3. The van der Waals surface area contributed by atoms with Crippen LogP contribution in [0.5, 0.6) is 0 Å². The third-order valence-electron chi connectivity index (χ3n) is 3.55. The second-order valence-corrected chi connectivity index (χ2v) is 5.36. The molecule has 0 saturated carbocycles. The summed E-state index contributed by atoms with van der Waals surface area (Å²) in [5, 5.41) is 0. The molecule has 0 radical (unpaired) electrons. The monoisotopic (exact) mass is 298 g/mol. The van der Waals surface area contributed by atoms with Gasteiger partial charge in [-0.2, -0.15) is 0 Å². The number of aromatic nitrogens is 2. The molecule has 0 aliphatic heterocycles. The van der Waals surface area contributed by atoms with Crippen molar-refractivity contribution in [3.8, 4) is 0 Å². The Labute approximate surface area is 128 Å². The number of allylic oxidation sites excluding steroid dienone is 1. The Hall–Kier alpha value is -2.69. The molecule has 0 saturated heterocycles. The van der Waals surface area contributed by atoms with Crippen LogP contribution in [0.4, 0.5) is 0 Å². The molecule has 2 aromatic rings. The molecule has 0 fully saturated rings. The molecule has 1 heterocycles. The van der Waals surface area contributed by atoms with E-state index in [0.29, 0.717) is 11.1 Å². The molecule has 0 aliphatic carbocycles. The second kappa shape index (κ2) is 5.97. The molecular formula is C17H18N2O3. The number of carbonyl (C=O) groups is 1. The van der Waals surface area contributed by atoms with E-state index in [4.69, 9.17) is 0 Å². The Morgan fingerprint density at radius 2 is 1.82 bits per heavy atom. The quantitative estimate of drug-likeness (QED) is 0.639. The minimum absolute atomic E-state index is 0.169. The zero-order valence-corrected chi connectivity index (χ0v) is 13.1. The maximum Gasteiger partial charge on any atom is 0.330 e. The highest BCUT2D eigenvalue weighted by Gasteiger charge is 2.08. The predicted octanol–water partition coefficient (Wildman–Crippen LogP) is 1.60. The van der Waals surface area contributed by atoms with E-state index in [1.54, 1.807) is 7.05 Å². The first kappa shape index (κ1) is 15.7. The fourth-order valence-corrected chi connectivity index (χ4v) is 2.21. The van der Waals surface area contributed by atoms with Gasteiger partial charge in [0.25, 0.3) is 5.56 Å². The minimum atomic E-state index is -0.423. The highest BCUT2D eigenvalue weighted by molar-refractivity contribution is 6.07. The van der Waals surface area contributed by atoms with Crippen LogP contribution in [0.15, 0.2) is 40.1 Å². The Bertz CT molecular complexity index is 886. The van der Waals surface area contributed by atoms with Crippen molar-refractivity contribution in [3.63, 3.8) is 0 Å². The first-order valence-electron chi connectivity index (χ1n) is 6.87. The number of rotatable bonds is 3. The van der Waals surface area contributed by atoms with Crippen molar-refractivity contribution < 1.29 is 4.79 Å². The van der Waals surface area contributed by atoms with Crippen LogP contribution in [0, 0.1) is 13.8 Å². The van der Waals surface area contributed by atoms with E-state index in [0.717, 1.165) is 15.7 Å². The second-order valence-electron chi connectivity index (χ2n) is 5.36. The fraction of sp³-hybridized carbons (Fsp3) is 0.235. The molecule has 0 atom stereocenters. The summed E-state index contributed by atoms with van der Waals surface area (Å²) in [7, 11) is 2.97. The molecule has 0 bridgehead atoms. The topological polar surface area (TPSA) is 61.1 Å². The lowest BCUT2D eigenvalue weighted by atomic mass is 10.0. The average molecular weight is 298 g/mol. The van der Waals surface area contributed by atoms with Crippen LogP contribution >= 0.6 is 0 Å². The number of hydrogen-bond donors (Lipinski definition) is 0. The van der Waals surface area contributed by atoms with Gasteiger partial charge in [-0.3, -0.25) is 14.2 Å². The van der Waals surface area contributed by atoms with E-state index in [2.05, 4.69) is 0 Å². The third-order valence-corrected chi connectivity index (χ3v) is 3.55. The molecule has 22 heavy (non-hydrogen) atoms. The van der Waals surface area contributed by atoms with Crippen LogP contribution < -0.4 is 11.2 Å². The molecule has 114 valence electrons. The van der Waals surface area contributed by atoms with E-state index in [1.807, 2.05) is 32.0 Å². The molecule has 0 unspecified atom stereocenters. The molecular weight excluding hydrogens is 280 g/mol. The number of aryl methyl sites for hydroxylation is 3. The van der Waals surface area contributed by atoms with Gasteiger partial charge in [0.15, 0.2) is 5.78 Å². The molecule has 5 nitrogen and oxygen atoms in total. The number of carbonyl (C=O) groups excluding carboxylic acids is 1. The third kappa shape index (κ3) is 2.98. The van der Waals surface area contributed by atoms with Gasteiger partial charge in [0, 0.05) is 25.9 Å². The van der Waals surface area contributed by atoms with Crippen molar-refractivity contribution in [3.05, 3.63) is 73.6 Å². The summed E-state index contributed by atoms with van der Waals surface area (Å²) in [5.74, 6) is -0.169. The zero-order chi connectivity index (χ0) is 16.4. The molecule has 1 aromatic carbocycles. The average Bonchev–Trinajstić information content (AvgIpc) is 2.49. The van der Waals surface area contributed by atoms with Crippen LogP contribution in [0.25, 0.3) is 6.08 Å². The van der Waals surface area contributed by atoms with E-state index in [-0.39, 0.29) is 5.78 Å². The van der Waals surface area contributed by atoms with Crippen molar-refractivity contribution in [2.45, 2.75) is 13.8 Å². The SMILES string of the molecule is Cc1ccc(C)c(C(=O)C=Cc2cn(C)c(=O)n(C)c2=O)c1. The van der Waals surface area contributed by atoms with E-state index in [1.165, 1.54) is 30.0 Å². The summed E-state index contributed by atoms with van der Waals surface area (Å²) in [6, 6.07) is 5.65. The molecule has 2 rings (SSSR count). The van der Waals surface area contributed by atoms with Crippen LogP contribution in [0.3, 0.4) is 0 Å². The van der Waals surface area contributed by atoms with Gasteiger partial charge in [-0.15, -0.1) is 0 Å². The zero-order valence-electron chi connectivity index (χ0n) is 13.1. The molecule has 0 aliphatic rings. The number of benzene rings is 1. The molecule has 0 amide bonds. The molecule has 0 N–H and O–H groups in total. The summed E-state index contributed by atoms with van der Waals surface area (Å²) < 4.78 is 2.32. The van der Waals surface area contributed by atoms with Crippen molar-refractivity contribution in [1.29, 1.82) is 0 Å². The Morgan fingerprint density at radius 1 is 1.14 bits per heavy atom. The summed E-state index contributed by atoms with van der Waals surface area (Å²) in [5.41, 5.74) is 1.96. The molecule has 1 aromatic heterocycles. The lowest BCUT2D eigenvalue weighted by molar-refractivity contribution is 0.104. The molecule has 5 heteroatoms. The number of nitrogens with zero attached hydrogens (tertiary/aromatic N) is 2. The van der Waals surface area contributed by atoms with E-state index < -0.39 is 11.2 Å². The van der Waals surface area contributed by atoms with Gasteiger partial charge in [0.05, 0.1) is 5.56 Å². The fourth-order valence-electron chi connectivity index (χ4n) is 2.21. The largest absolute Gasteiger partial charge is 0.330 e. The standard InChI is InChI=1S/C17H18N2O3/c1-11-5-6-12(2)14(9-11)15(20)8-7-13-10-18(3)17(22)19(4)16(13)21/h5-10H,1-4H3. The van der Waals surface area contributed by atoms with E-state index >= 15 is 0 Å². The van der Waals surface area contributed by atoms with Crippen molar-refractivity contribution in [2.24, 2.45) is 14.1 Å². The van der Waals surface area contributed by atoms with Crippen LogP contribution in [0.1, 0.15) is 27.0 Å². The Kier molecular flexibility index (Phi) is 4.26. The summed E-state index contributed by atoms with van der Waals surface area (Å²) in [6.45, 7) is 3.79. The van der Waals surface area contributed by atoms with Crippen molar-refractivity contribution in [1.82, 2.24) is 9.13 Å². The van der Waals surface area contributed by atoms with Crippen molar-refractivity contribution in [2.75, 3.05) is 0 Å². The highest BCUT2D eigenvalue weighted by Crippen LogP contribution is 2.12. The van der Waals surface area contributed by atoms with E-state index in [9.17, 15) is 14.4 Å². The maximum atomic E-state index is 12.3. The van der Waals surface area contributed by atoms with Crippen LogP contribution in [-0.2, 0) is 14.1 Å². The van der Waals surface area contributed by atoms with Crippen molar-refractivity contribution >= 4 is 11.9 Å². The van der Waals surface area contributed by atoms with Gasteiger partial charge in [0.2, 0.25) is 0 Å². The minimum Gasteiger partial charge on any atom is -0.303 e. The van der Waals surface area contributed by atoms with Gasteiger partial charge in [0.1, 0.15) is 0 Å². The molecule has 0 spiro atoms.